The summed E-state index contributed by atoms with van der Waals surface area (Å²) >= 11 is 0. The molecule has 0 saturated carbocycles. The fraction of sp³-hybridized carbons (Fsp3) is 0.957. The van der Waals surface area contributed by atoms with Gasteiger partial charge in [-0.15, -0.1) is 0 Å². The molecule has 0 unspecified atom stereocenters. The Morgan fingerprint density at radius 2 is 0.875 bits per heavy atom. The molecule has 0 atom stereocenters. The lowest BCUT2D eigenvalue weighted by Crippen LogP contribution is -2.63. The molecule has 0 aromatic heterocycles. The van der Waals surface area contributed by atoms with Crippen LogP contribution in [0.4, 0.5) is 26.3 Å². The van der Waals surface area contributed by atoms with Gasteiger partial charge in [-0.25, -0.2) is 4.79 Å². The summed E-state index contributed by atoms with van der Waals surface area (Å²) in [5, 5.41) is 8.87. The number of carbonyl (C=O) groups is 1. The van der Waals surface area contributed by atoms with Crippen LogP contribution < -0.4 is 0 Å². The van der Waals surface area contributed by atoms with Crippen LogP contribution in [0.15, 0.2) is 0 Å². The lowest BCUT2D eigenvalue weighted by atomic mass is 10.0. The van der Waals surface area contributed by atoms with Crippen molar-refractivity contribution >= 4 is 5.97 Å². The van der Waals surface area contributed by atoms with Gasteiger partial charge in [0.2, 0.25) is 0 Å². The number of aliphatic hydroxyl groups is 1. The summed E-state index contributed by atoms with van der Waals surface area (Å²) in [5.41, 5.74) is -5.49. The van der Waals surface area contributed by atoms with Crippen molar-refractivity contribution in [3.8, 4) is 0 Å². The molecule has 0 saturated heterocycles. The number of rotatable bonds is 19. The molecule has 0 rings (SSSR count). The van der Waals surface area contributed by atoms with Gasteiger partial charge in [0.25, 0.3) is 0 Å². The van der Waals surface area contributed by atoms with Crippen molar-refractivity contribution < 1.29 is 41.0 Å². The second-order valence-corrected chi connectivity index (χ2v) is 8.50. The third-order valence-corrected chi connectivity index (χ3v) is 5.60. The van der Waals surface area contributed by atoms with Gasteiger partial charge in [-0.3, -0.25) is 0 Å². The standard InChI is InChI=1S/C23H40F6O3/c1-2-3-4-5-6-7-8-9-10-11-12-13-14-15-16-17-18-19-32-20(30)21(31,22(24,25)26)23(27,28)29/h31H,2-19H2,1H3. The first kappa shape index (κ1) is 31.0. The third-order valence-electron chi connectivity index (χ3n) is 5.60. The summed E-state index contributed by atoms with van der Waals surface area (Å²) in [7, 11) is 0. The quantitative estimate of drug-likeness (QED) is 0.116. The monoisotopic (exact) mass is 478 g/mol. The van der Waals surface area contributed by atoms with Crippen LogP contribution in [0.5, 0.6) is 0 Å². The number of halogens is 6. The minimum absolute atomic E-state index is 0.149. The van der Waals surface area contributed by atoms with Crippen molar-refractivity contribution in [3.05, 3.63) is 0 Å². The molecular formula is C23H40F6O3. The number of esters is 1. The van der Waals surface area contributed by atoms with Crippen LogP contribution in [0.25, 0.3) is 0 Å². The highest BCUT2D eigenvalue weighted by molar-refractivity contribution is 5.81. The van der Waals surface area contributed by atoms with Gasteiger partial charge in [0.15, 0.2) is 0 Å². The van der Waals surface area contributed by atoms with Gasteiger partial charge in [0.1, 0.15) is 0 Å². The van der Waals surface area contributed by atoms with E-state index >= 15 is 0 Å². The molecule has 0 aliphatic heterocycles. The maximum absolute atomic E-state index is 12.5. The number of hydrogen-bond acceptors (Lipinski definition) is 3. The van der Waals surface area contributed by atoms with Crippen LogP contribution >= 0.6 is 0 Å². The van der Waals surface area contributed by atoms with Crippen LogP contribution in [-0.4, -0.2) is 35.6 Å². The molecule has 0 aliphatic carbocycles. The topological polar surface area (TPSA) is 46.5 Å². The molecule has 0 aromatic carbocycles. The summed E-state index contributed by atoms with van der Waals surface area (Å²) < 4.78 is 79.1. The molecule has 0 bridgehead atoms. The van der Waals surface area contributed by atoms with E-state index in [1.807, 2.05) is 0 Å². The summed E-state index contributed by atoms with van der Waals surface area (Å²) in [6.07, 6.45) is 6.29. The van der Waals surface area contributed by atoms with E-state index in [-0.39, 0.29) is 6.42 Å². The maximum atomic E-state index is 12.5. The maximum Gasteiger partial charge on any atom is 0.437 e. The predicted octanol–water partition coefficient (Wildman–Crippen LogP) is 8.04. The highest BCUT2D eigenvalue weighted by atomic mass is 19.4. The number of carbonyl (C=O) groups excluding carboxylic acids is 1. The normalized spacial score (nSPS) is 12.9. The Kier molecular flexibility index (Phi) is 16.1. The molecule has 9 heteroatoms. The summed E-state index contributed by atoms with van der Waals surface area (Å²) in [6.45, 7) is 1.63. The lowest BCUT2D eigenvalue weighted by molar-refractivity contribution is -0.356. The fourth-order valence-electron chi connectivity index (χ4n) is 3.49. The molecule has 0 spiro atoms. The zero-order valence-corrected chi connectivity index (χ0v) is 19.3. The van der Waals surface area contributed by atoms with Crippen molar-refractivity contribution in [2.24, 2.45) is 0 Å². The van der Waals surface area contributed by atoms with Gasteiger partial charge in [0.05, 0.1) is 6.61 Å². The van der Waals surface area contributed by atoms with Gasteiger partial charge in [-0.1, -0.05) is 110 Å². The second-order valence-electron chi connectivity index (χ2n) is 8.50. The first-order valence-corrected chi connectivity index (χ1v) is 12.0. The zero-order chi connectivity index (χ0) is 24.5. The van der Waals surface area contributed by atoms with Crippen molar-refractivity contribution in [1.29, 1.82) is 0 Å². The Balaban J connectivity index is 3.61. The molecule has 32 heavy (non-hydrogen) atoms. The van der Waals surface area contributed by atoms with Crippen LogP contribution in [0.2, 0.25) is 0 Å². The second kappa shape index (κ2) is 16.6. The van der Waals surface area contributed by atoms with Gasteiger partial charge in [0, 0.05) is 0 Å². The lowest BCUT2D eigenvalue weighted by Gasteiger charge is -2.29. The third kappa shape index (κ3) is 12.3. The zero-order valence-electron chi connectivity index (χ0n) is 19.3. The van der Waals surface area contributed by atoms with E-state index in [1.165, 1.54) is 70.6 Å². The molecule has 0 heterocycles. The Hall–Kier alpha value is -0.990. The van der Waals surface area contributed by atoms with Gasteiger partial charge in [-0.2, -0.15) is 26.3 Å². The van der Waals surface area contributed by atoms with Crippen molar-refractivity contribution in [1.82, 2.24) is 0 Å². The average molecular weight is 479 g/mol. The molecule has 0 aliphatic rings. The van der Waals surface area contributed by atoms with Crippen molar-refractivity contribution in [2.75, 3.05) is 6.61 Å². The molecule has 1 N–H and O–H groups in total. The SMILES string of the molecule is CCCCCCCCCCCCCCCCCCCOC(=O)C(O)(C(F)(F)F)C(F)(F)F. The van der Waals surface area contributed by atoms with E-state index in [0.717, 1.165) is 25.7 Å². The molecule has 0 radical (unpaired) electrons. The first-order valence-electron chi connectivity index (χ1n) is 12.0. The first-order chi connectivity index (χ1) is 15.0. The Morgan fingerprint density at radius 1 is 0.594 bits per heavy atom. The Morgan fingerprint density at radius 3 is 1.16 bits per heavy atom. The molecule has 0 amide bonds. The largest absolute Gasteiger partial charge is 0.463 e. The van der Waals surface area contributed by atoms with E-state index in [2.05, 4.69) is 11.7 Å². The van der Waals surface area contributed by atoms with E-state index in [9.17, 15) is 31.1 Å². The Labute approximate surface area is 188 Å². The van der Waals surface area contributed by atoms with E-state index in [4.69, 9.17) is 5.11 Å². The number of hydrogen-bond donors (Lipinski definition) is 1. The van der Waals surface area contributed by atoms with E-state index in [0.29, 0.717) is 6.42 Å². The van der Waals surface area contributed by atoms with Gasteiger partial charge in [-0.05, 0) is 6.42 Å². The highest BCUT2D eigenvalue weighted by Crippen LogP contribution is 2.43. The molecule has 192 valence electrons. The number of ether oxygens (including phenoxy) is 1. The van der Waals surface area contributed by atoms with E-state index < -0.39 is 30.5 Å². The van der Waals surface area contributed by atoms with Crippen LogP contribution in [-0.2, 0) is 9.53 Å². The predicted molar refractivity (Wildman–Crippen MR) is 112 cm³/mol. The smallest absolute Gasteiger partial charge is 0.437 e. The Bertz CT molecular complexity index is 463. The molecule has 3 nitrogen and oxygen atoms in total. The average Bonchev–Trinajstić information content (AvgIpc) is 2.70. The van der Waals surface area contributed by atoms with Crippen molar-refractivity contribution in [2.45, 2.75) is 134 Å². The van der Waals surface area contributed by atoms with Crippen LogP contribution in [0, 0.1) is 0 Å². The van der Waals surface area contributed by atoms with Gasteiger partial charge >= 0.3 is 23.9 Å². The van der Waals surface area contributed by atoms with Crippen LogP contribution in [0.3, 0.4) is 0 Å². The minimum atomic E-state index is -6.20. The summed E-state index contributed by atoms with van der Waals surface area (Å²) in [5.74, 6) is -2.73. The molecular weight excluding hydrogens is 438 g/mol. The van der Waals surface area contributed by atoms with Crippen LogP contribution in [0.1, 0.15) is 116 Å². The fourth-order valence-corrected chi connectivity index (χ4v) is 3.49. The molecule has 0 fully saturated rings. The molecule has 0 aromatic rings. The van der Waals surface area contributed by atoms with E-state index in [1.54, 1.807) is 0 Å². The number of alkyl halides is 6. The minimum Gasteiger partial charge on any atom is -0.463 e. The van der Waals surface area contributed by atoms with Crippen molar-refractivity contribution in [3.63, 3.8) is 0 Å². The number of unbranched alkanes of at least 4 members (excludes halogenated alkanes) is 16. The van der Waals surface area contributed by atoms with Gasteiger partial charge < -0.3 is 9.84 Å². The summed E-state index contributed by atoms with van der Waals surface area (Å²) in [6, 6.07) is 0. The summed E-state index contributed by atoms with van der Waals surface area (Å²) in [4.78, 5) is 11.2. The highest BCUT2D eigenvalue weighted by Gasteiger charge is 2.76.